The highest BCUT2D eigenvalue weighted by atomic mass is 32.2. The van der Waals surface area contributed by atoms with Crippen LogP contribution in [0.5, 0.6) is 11.5 Å². The molecule has 8 heteroatoms. The summed E-state index contributed by atoms with van der Waals surface area (Å²) in [7, 11) is 0. The Labute approximate surface area is 168 Å². The summed E-state index contributed by atoms with van der Waals surface area (Å²) in [6.45, 7) is 1.19. The second-order valence-electron chi connectivity index (χ2n) is 7.40. The molecule has 0 radical (unpaired) electrons. The van der Waals surface area contributed by atoms with Crippen LogP contribution in [-0.2, 0) is 14.4 Å². The van der Waals surface area contributed by atoms with Gasteiger partial charge in [-0.1, -0.05) is 19.3 Å². The molecule has 0 atom stereocenters. The highest BCUT2D eigenvalue weighted by Crippen LogP contribution is 2.37. The summed E-state index contributed by atoms with van der Waals surface area (Å²) in [6, 6.07) is 5.63. The van der Waals surface area contributed by atoms with Gasteiger partial charge in [-0.05, 0) is 31.0 Å². The van der Waals surface area contributed by atoms with Crippen molar-refractivity contribution in [2.75, 3.05) is 25.5 Å². The SMILES string of the molecule is O=C1CN(C(=O)CSc2ccc3c(c2)OCCCO3)C2(CCCCC2)C(=O)N1. The zero-order valence-corrected chi connectivity index (χ0v) is 16.5. The summed E-state index contributed by atoms with van der Waals surface area (Å²) in [4.78, 5) is 39.9. The Morgan fingerprint density at radius 3 is 2.61 bits per heavy atom. The highest BCUT2D eigenvalue weighted by Gasteiger charge is 2.50. The molecular weight excluding hydrogens is 380 g/mol. The third-order valence-electron chi connectivity index (χ3n) is 5.56. The van der Waals surface area contributed by atoms with E-state index in [1.165, 1.54) is 16.7 Å². The van der Waals surface area contributed by atoms with Crippen molar-refractivity contribution in [1.82, 2.24) is 10.2 Å². The maximum absolute atomic E-state index is 13.0. The van der Waals surface area contributed by atoms with Crippen LogP contribution in [0.1, 0.15) is 38.5 Å². The van der Waals surface area contributed by atoms with Crippen molar-refractivity contribution in [2.24, 2.45) is 0 Å². The summed E-state index contributed by atoms with van der Waals surface area (Å²) < 4.78 is 11.3. The van der Waals surface area contributed by atoms with E-state index < -0.39 is 11.4 Å². The number of imide groups is 1. The van der Waals surface area contributed by atoms with Gasteiger partial charge in [0.25, 0.3) is 5.91 Å². The van der Waals surface area contributed by atoms with Gasteiger partial charge in [-0.15, -0.1) is 11.8 Å². The number of nitrogens with one attached hydrogen (secondary N) is 1. The number of hydrogen-bond donors (Lipinski definition) is 1. The number of benzene rings is 1. The number of ether oxygens (including phenoxy) is 2. The number of carbonyl (C=O) groups is 3. The topological polar surface area (TPSA) is 84.9 Å². The second kappa shape index (κ2) is 8.03. The summed E-state index contributed by atoms with van der Waals surface area (Å²) in [5.74, 6) is 0.663. The molecule has 2 heterocycles. The Morgan fingerprint density at radius 2 is 1.82 bits per heavy atom. The molecule has 1 saturated carbocycles. The fourth-order valence-electron chi connectivity index (χ4n) is 4.12. The minimum atomic E-state index is -0.867. The van der Waals surface area contributed by atoms with Gasteiger partial charge in [0, 0.05) is 11.3 Å². The number of nitrogens with zero attached hydrogens (tertiary/aromatic N) is 1. The van der Waals surface area contributed by atoms with Gasteiger partial charge in [-0.2, -0.15) is 0 Å². The van der Waals surface area contributed by atoms with Crippen molar-refractivity contribution in [1.29, 1.82) is 0 Å². The van der Waals surface area contributed by atoms with Gasteiger partial charge >= 0.3 is 0 Å². The highest BCUT2D eigenvalue weighted by molar-refractivity contribution is 8.00. The van der Waals surface area contributed by atoms with Crippen LogP contribution in [0.2, 0.25) is 0 Å². The lowest BCUT2D eigenvalue weighted by Crippen LogP contribution is -2.69. The fraction of sp³-hybridized carbons (Fsp3) is 0.550. The summed E-state index contributed by atoms with van der Waals surface area (Å²) in [5.41, 5.74) is -0.867. The lowest BCUT2D eigenvalue weighted by atomic mass is 9.78. The first-order valence-corrected chi connectivity index (χ1v) is 10.7. The molecular formula is C20H24N2O5S. The van der Waals surface area contributed by atoms with Gasteiger partial charge < -0.3 is 14.4 Å². The third kappa shape index (κ3) is 3.70. The Hall–Kier alpha value is -2.22. The molecule has 150 valence electrons. The molecule has 7 nitrogen and oxygen atoms in total. The van der Waals surface area contributed by atoms with Crippen LogP contribution >= 0.6 is 11.8 Å². The molecule has 0 bridgehead atoms. The average molecular weight is 404 g/mol. The molecule has 2 aliphatic heterocycles. The molecule has 3 amide bonds. The molecule has 0 unspecified atom stereocenters. The van der Waals surface area contributed by atoms with E-state index in [1.807, 2.05) is 18.2 Å². The number of carbonyl (C=O) groups excluding carboxylic acids is 3. The number of thioether (sulfide) groups is 1. The molecule has 1 spiro atoms. The van der Waals surface area contributed by atoms with Crippen LogP contribution in [0.3, 0.4) is 0 Å². The summed E-state index contributed by atoms with van der Waals surface area (Å²) in [6.07, 6.45) is 4.90. The van der Waals surface area contributed by atoms with E-state index in [0.29, 0.717) is 37.6 Å². The van der Waals surface area contributed by atoms with Gasteiger partial charge in [0.15, 0.2) is 11.5 Å². The first-order chi connectivity index (χ1) is 13.6. The van der Waals surface area contributed by atoms with Crippen LogP contribution < -0.4 is 14.8 Å². The minimum absolute atomic E-state index is 0.0493. The standard InChI is InChI=1S/C20H24N2O5S/c23-17-12-22(20(19(25)21-17)7-2-1-3-8-20)18(24)13-28-14-5-6-15-16(11-14)27-10-4-9-26-15/h5-6,11H,1-4,7-10,12-13H2,(H,21,23,25). The summed E-state index contributed by atoms with van der Waals surface area (Å²) >= 11 is 1.38. The predicted octanol–water partition coefficient (Wildman–Crippen LogP) is 2.13. The molecule has 0 aromatic heterocycles. The van der Waals surface area contributed by atoms with E-state index in [1.54, 1.807) is 0 Å². The van der Waals surface area contributed by atoms with Gasteiger partial charge in [-0.25, -0.2) is 0 Å². The van der Waals surface area contributed by atoms with E-state index in [4.69, 9.17) is 9.47 Å². The van der Waals surface area contributed by atoms with Crippen LogP contribution in [0, 0.1) is 0 Å². The summed E-state index contributed by atoms with van der Waals surface area (Å²) in [5, 5.41) is 2.43. The van der Waals surface area contributed by atoms with Crippen molar-refractivity contribution in [3.05, 3.63) is 18.2 Å². The number of hydrogen-bond acceptors (Lipinski definition) is 6. The molecule has 4 rings (SSSR count). The smallest absolute Gasteiger partial charge is 0.252 e. The molecule has 1 N–H and O–H groups in total. The fourth-order valence-corrected chi connectivity index (χ4v) is 4.92. The van der Waals surface area contributed by atoms with Crippen molar-refractivity contribution >= 4 is 29.5 Å². The average Bonchev–Trinajstić information content (AvgIpc) is 2.95. The number of fused-ring (bicyclic) bond motifs is 1. The van der Waals surface area contributed by atoms with Crippen LogP contribution in [0.25, 0.3) is 0 Å². The Kier molecular flexibility index (Phi) is 5.48. The molecule has 1 aromatic carbocycles. The monoisotopic (exact) mass is 404 g/mol. The maximum atomic E-state index is 13.0. The largest absolute Gasteiger partial charge is 0.490 e. The quantitative estimate of drug-likeness (QED) is 0.614. The molecule has 1 saturated heterocycles. The number of amides is 3. The molecule has 1 aliphatic carbocycles. The van der Waals surface area contributed by atoms with Crippen LogP contribution in [0.4, 0.5) is 0 Å². The van der Waals surface area contributed by atoms with E-state index in [9.17, 15) is 14.4 Å². The van der Waals surface area contributed by atoms with E-state index in [2.05, 4.69) is 5.32 Å². The zero-order chi connectivity index (χ0) is 19.6. The second-order valence-corrected chi connectivity index (χ2v) is 8.45. The van der Waals surface area contributed by atoms with Crippen molar-refractivity contribution in [2.45, 2.75) is 49.0 Å². The van der Waals surface area contributed by atoms with Crippen molar-refractivity contribution in [3.8, 4) is 11.5 Å². The first kappa shape index (κ1) is 19.1. The molecule has 2 fully saturated rings. The van der Waals surface area contributed by atoms with E-state index in [-0.39, 0.29) is 24.1 Å². The number of rotatable bonds is 3. The molecule has 1 aromatic rings. The van der Waals surface area contributed by atoms with Gasteiger partial charge in [-0.3, -0.25) is 19.7 Å². The lowest BCUT2D eigenvalue weighted by molar-refractivity contribution is -0.158. The van der Waals surface area contributed by atoms with E-state index >= 15 is 0 Å². The Morgan fingerprint density at radius 1 is 1.07 bits per heavy atom. The Balaban J connectivity index is 1.47. The van der Waals surface area contributed by atoms with Crippen LogP contribution in [-0.4, -0.2) is 53.7 Å². The van der Waals surface area contributed by atoms with E-state index in [0.717, 1.165) is 30.6 Å². The van der Waals surface area contributed by atoms with Crippen molar-refractivity contribution < 1.29 is 23.9 Å². The van der Waals surface area contributed by atoms with Gasteiger partial charge in [0.1, 0.15) is 12.1 Å². The minimum Gasteiger partial charge on any atom is -0.490 e. The first-order valence-electron chi connectivity index (χ1n) is 9.76. The normalized spacial score (nSPS) is 21.2. The lowest BCUT2D eigenvalue weighted by Gasteiger charge is -2.47. The maximum Gasteiger partial charge on any atom is 0.252 e. The molecule has 28 heavy (non-hydrogen) atoms. The van der Waals surface area contributed by atoms with Gasteiger partial charge in [0.05, 0.1) is 19.0 Å². The predicted molar refractivity (Wildman–Crippen MR) is 103 cm³/mol. The zero-order valence-electron chi connectivity index (χ0n) is 15.7. The van der Waals surface area contributed by atoms with Gasteiger partial charge in [0.2, 0.25) is 11.8 Å². The number of piperazine rings is 1. The molecule has 3 aliphatic rings. The third-order valence-corrected chi connectivity index (χ3v) is 6.54. The Bertz CT molecular complexity index is 791. The van der Waals surface area contributed by atoms with Crippen molar-refractivity contribution in [3.63, 3.8) is 0 Å². The van der Waals surface area contributed by atoms with Crippen LogP contribution in [0.15, 0.2) is 23.1 Å².